The number of aliphatic hydroxyl groups is 1. The van der Waals surface area contributed by atoms with Crippen LogP contribution in [0.2, 0.25) is 0 Å². The van der Waals surface area contributed by atoms with Gasteiger partial charge in [-0.05, 0) is 73.5 Å². The highest BCUT2D eigenvalue weighted by molar-refractivity contribution is 5.69. The van der Waals surface area contributed by atoms with E-state index in [1.807, 2.05) is 19.1 Å². The highest BCUT2D eigenvalue weighted by Crippen LogP contribution is 2.48. The lowest BCUT2D eigenvalue weighted by Gasteiger charge is -2.32. The third-order valence-corrected chi connectivity index (χ3v) is 6.72. The Bertz CT molecular complexity index is 745. The molecule has 2 aliphatic rings. The molecule has 1 aromatic carbocycles. The fourth-order valence-corrected chi connectivity index (χ4v) is 5.31. The van der Waals surface area contributed by atoms with Crippen LogP contribution in [0, 0.1) is 17.8 Å². The maximum Gasteiger partial charge on any atom is 0.341 e. The van der Waals surface area contributed by atoms with E-state index in [-0.39, 0.29) is 30.7 Å². The van der Waals surface area contributed by atoms with E-state index in [2.05, 4.69) is 13.0 Å². The first-order valence-corrected chi connectivity index (χ1v) is 11.3. The zero-order valence-corrected chi connectivity index (χ0v) is 18.0. The minimum atomic E-state index is -0.983. The number of carbonyl (C=O) groups is 2. The SMILES string of the molecule is CCC[C@@H](CC[C@@H]1[C@H]2Cc3cccc(OCC(=O)O)c3C[C@H]2C[C@H]1O)OC(=O)CC. The average Bonchev–Trinajstić information content (AvgIpc) is 3.02. The van der Waals surface area contributed by atoms with Crippen LogP contribution in [-0.2, 0) is 27.2 Å². The average molecular weight is 419 g/mol. The summed E-state index contributed by atoms with van der Waals surface area (Å²) in [7, 11) is 0. The fourth-order valence-electron chi connectivity index (χ4n) is 5.31. The van der Waals surface area contributed by atoms with Gasteiger partial charge in [0.25, 0.3) is 0 Å². The molecule has 3 rings (SSSR count). The smallest absolute Gasteiger partial charge is 0.341 e. The van der Waals surface area contributed by atoms with Gasteiger partial charge in [-0.15, -0.1) is 0 Å². The number of rotatable bonds is 10. The van der Waals surface area contributed by atoms with Crippen molar-refractivity contribution in [1.82, 2.24) is 0 Å². The van der Waals surface area contributed by atoms with E-state index >= 15 is 0 Å². The minimum absolute atomic E-state index is 0.0689. The van der Waals surface area contributed by atoms with E-state index in [0.717, 1.165) is 50.5 Å². The summed E-state index contributed by atoms with van der Waals surface area (Å²) in [4.78, 5) is 22.6. The molecule has 2 N–H and O–H groups in total. The lowest BCUT2D eigenvalue weighted by molar-refractivity contribution is -0.149. The summed E-state index contributed by atoms with van der Waals surface area (Å²) in [5.41, 5.74) is 2.29. The Kier molecular flexibility index (Phi) is 7.75. The van der Waals surface area contributed by atoms with Crippen LogP contribution in [0.15, 0.2) is 18.2 Å². The van der Waals surface area contributed by atoms with Gasteiger partial charge in [0, 0.05) is 6.42 Å². The van der Waals surface area contributed by atoms with E-state index in [1.54, 1.807) is 0 Å². The predicted octanol–water partition coefficient (Wildman–Crippen LogP) is 3.76. The van der Waals surface area contributed by atoms with Crippen LogP contribution >= 0.6 is 0 Å². The van der Waals surface area contributed by atoms with E-state index in [9.17, 15) is 14.7 Å². The molecule has 30 heavy (non-hydrogen) atoms. The van der Waals surface area contributed by atoms with Crippen molar-refractivity contribution in [3.05, 3.63) is 29.3 Å². The van der Waals surface area contributed by atoms with Crippen LogP contribution in [0.25, 0.3) is 0 Å². The van der Waals surface area contributed by atoms with Crippen LogP contribution < -0.4 is 4.74 Å². The minimum Gasteiger partial charge on any atom is -0.482 e. The highest BCUT2D eigenvalue weighted by atomic mass is 16.5. The Morgan fingerprint density at radius 3 is 2.70 bits per heavy atom. The summed E-state index contributed by atoms with van der Waals surface area (Å²) in [5.74, 6) is 0.482. The van der Waals surface area contributed by atoms with Crippen LogP contribution in [0.4, 0.5) is 0 Å². The summed E-state index contributed by atoms with van der Waals surface area (Å²) in [6.07, 6.45) is 5.89. The second-order valence-electron chi connectivity index (χ2n) is 8.71. The van der Waals surface area contributed by atoms with Gasteiger partial charge in [-0.2, -0.15) is 0 Å². The number of hydrogen-bond donors (Lipinski definition) is 2. The number of carboxylic acid groups (broad SMARTS) is 1. The number of benzene rings is 1. The van der Waals surface area contributed by atoms with Crippen molar-refractivity contribution in [3.63, 3.8) is 0 Å². The van der Waals surface area contributed by atoms with Gasteiger partial charge in [0.05, 0.1) is 6.10 Å². The standard InChI is InChI=1S/C24H34O6/c1-3-6-17(30-24(28)4-2)9-10-18-19-11-15-7-5-8-22(29-14-23(26)27)20(15)12-16(19)13-21(18)25/h5,7-8,16-19,21,25H,3-4,6,9-14H2,1-2H3,(H,26,27)/t16-,17-,18+,19-,21+/m0/s1. The monoisotopic (exact) mass is 418 g/mol. The van der Waals surface area contributed by atoms with Crippen LogP contribution in [-0.4, -0.2) is 41.0 Å². The van der Waals surface area contributed by atoms with Crippen LogP contribution in [0.1, 0.15) is 63.5 Å². The van der Waals surface area contributed by atoms with Crippen molar-refractivity contribution < 1.29 is 29.3 Å². The summed E-state index contributed by atoms with van der Waals surface area (Å²) >= 11 is 0. The number of hydrogen-bond acceptors (Lipinski definition) is 5. The molecule has 1 saturated carbocycles. The van der Waals surface area contributed by atoms with E-state index < -0.39 is 5.97 Å². The Morgan fingerprint density at radius 2 is 2.00 bits per heavy atom. The number of aliphatic hydroxyl groups excluding tert-OH is 1. The normalized spacial score (nSPS) is 25.8. The third kappa shape index (κ3) is 5.34. The molecule has 0 saturated heterocycles. The Balaban J connectivity index is 1.67. The first-order chi connectivity index (χ1) is 14.4. The maximum atomic E-state index is 11.7. The first-order valence-electron chi connectivity index (χ1n) is 11.3. The molecule has 6 heteroatoms. The second-order valence-corrected chi connectivity index (χ2v) is 8.71. The van der Waals surface area contributed by atoms with E-state index in [1.165, 1.54) is 5.56 Å². The molecule has 0 radical (unpaired) electrons. The quantitative estimate of drug-likeness (QED) is 0.562. The molecule has 166 valence electrons. The molecule has 5 atom stereocenters. The topological polar surface area (TPSA) is 93.1 Å². The highest BCUT2D eigenvalue weighted by Gasteiger charge is 2.45. The van der Waals surface area contributed by atoms with Crippen molar-refractivity contribution in [2.45, 2.75) is 77.4 Å². The molecule has 0 aromatic heterocycles. The summed E-state index contributed by atoms with van der Waals surface area (Å²) < 4.78 is 11.1. The van der Waals surface area contributed by atoms with Crippen molar-refractivity contribution in [2.75, 3.05) is 6.61 Å². The van der Waals surface area contributed by atoms with Gasteiger partial charge in [-0.1, -0.05) is 32.4 Å². The molecule has 0 aliphatic heterocycles. The van der Waals surface area contributed by atoms with Crippen LogP contribution in [0.3, 0.4) is 0 Å². The zero-order chi connectivity index (χ0) is 21.7. The Morgan fingerprint density at radius 1 is 1.20 bits per heavy atom. The molecule has 0 spiro atoms. The summed E-state index contributed by atoms with van der Waals surface area (Å²) in [5, 5.41) is 19.7. The molecule has 2 aliphatic carbocycles. The Hall–Kier alpha value is -2.08. The maximum absolute atomic E-state index is 11.7. The molecular formula is C24H34O6. The van der Waals surface area contributed by atoms with Gasteiger partial charge in [-0.25, -0.2) is 4.79 Å². The number of aliphatic carboxylic acids is 1. The largest absolute Gasteiger partial charge is 0.482 e. The molecule has 0 amide bonds. The number of esters is 1. The van der Waals surface area contributed by atoms with Gasteiger partial charge in [0.2, 0.25) is 0 Å². The lowest BCUT2D eigenvalue weighted by atomic mass is 9.73. The molecule has 1 aromatic rings. The molecule has 6 nitrogen and oxygen atoms in total. The molecule has 1 fully saturated rings. The number of ether oxygens (including phenoxy) is 2. The van der Waals surface area contributed by atoms with Crippen LogP contribution in [0.5, 0.6) is 5.75 Å². The van der Waals surface area contributed by atoms with Crippen molar-refractivity contribution >= 4 is 11.9 Å². The number of fused-ring (bicyclic) bond motifs is 2. The van der Waals surface area contributed by atoms with Gasteiger partial charge in [0.1, 0.15) is 11.9 Å². The molecule has 0 unspecified atom stereocenters. The Labute approximate surface area is 178 Å². The number of carbonyl (C=O) groups excluding carboxylic acids is 1. The molecular weight excluding hydrogens is 384 g/mol. The van der Waals surface area contributed by atoms with Gasteiger partial charge < -0.3 is 19.7 Å². The summed E-state index contributed by atoms with van der Waals surface area (Å²) in [6.45, 7) is 3.56. The van der Waals surface area contributed by atoms with Crippen molar-refractivity contribution in [2.24, 2.45) is 17.8 Å². The second kappa shape index (κ2) is 10.3. The van der Waals surface area contributed by atoms with E-state index in [0.29, 0.717) is 24.0 Å². The summed E-state index contributed by atoms with van der Waals surface area (Å²) in [6, 6.07) is 5.84. The number of carboxylic acids is 1. The molecule has 0 bridgehead atoms. The van der Waals surface area contributed by atoms with Gasteiger partial charge in [-0.3, -0.25) is 4.79 Å². The lowest BCUT2D eigenvalue weighted by Crippen LogP contribution is -2.28. The fraction of sp³-hybridized carbons (Fsp3) is 0.667. The van der Waals surface area contributed by atoms with Crippen molar-refractivity contribution in [1.29, 1.82) is 0 Å². The van der Waals surface area contributed by atoms with Gasteiger partial charge >= 0.3 is 11.9 Å². The van der Waals surface area contributed by atoms with E-state index in [4.69, 9.17) is 14.6 Å². The van der Waals surface area contributed by atoms with Gasteiger partial charge in [0.15, 0.2) is 6.61 Å². The third-order valence-electron chi connectivity index (χ3n) is 6.72. The molecule has 0 heterocycles. The zero-order valence-electron chi connectivity index (χ0n) is 18.0. The predicted molar refractivity (Wildman–Crippen MR) is 112 cm³/mol. The first kappa shape index (κ1) is 22.6. The van der Waals surface area contributed by atoms with Crippen molar-refractivity contribution in [3.8, 4) is 5.75 Å².